The lowest BCUT2D eigenvalue weighted by atomic mass is 10.1. The Balaban J connectivity index is 1.75. The first-order valence-electron chi connectivity index (χ1n) is 8.44. The fourth-order valence-corrected chi connectivity index (χ4v) is 2.97. The Morgan fingerprint density at radius 1 is 1.08 bits per heavy atom. The summed E-state index contributed by atoms with van der Waals surface area (Å²) in [7, 11) is 1.28. The van der Waals surface area contributed by atoms with E-state index in [9.17, 15) is 14.4 Å². The minimum absolute atomic E-state index is 0.0945. The van der Waals surface area contributed by atoms with E-state index in [0.717, 1.165) is 12.1 Å². The van der Waals surface area contributed by atoms with Crippen molar-refractivity contribution in [2.75, 3.05) is 18.6 Å². The number of methoxy groups -OCH3 is 1. The molecule has 1 atom stereocenters. The highest BCUT2D eigenvalue weighted by molar-refractivity contribution is 5.99. The lowest BCUT2D eigenvalue weighted by molar-refractivity contribution is -0.143. The van der Waals surface area contributed by atoms with E-state index in [0.29, 0.717) is 24.1 Å². The predicted molar refractivity (Wildman–Crippen MR) is 96.7 cm³/mol. The molecule has 1 fully saturated rings. The minimum atomic E-state index is -0.881. The summed E-state index contributed by atoms with van der Waals surface area (Å²) in [4.78, 5) is 38.1. The number of carbonyl (C=O) groups is 3. The number of esters is 1. The van der Waals surface area contributed by atoms with Gasteiger partial charge in [-0.3, -0.25) is 9.59 Å². The molecule has 1 aliphatic heterocycles. The first-order valence-corrected chi connectivity index (χ1v) is 8.44. The normalized spacial score (nSPS) is 14.8. The molecule has 0 radical (unpaired) electrons. The molecule has 0 bridgehead atoms. The molecule has 0 aromatic heterocycles. The maximum absolute atomic E-state index is 12.5. The molecule has 6 heteroatoms. The standard InChI is InChI=1S/C20H20N2O4/c1-26-20(25)18(14-6-3-2-4-7-14)21-19(24)15-9-11-16(12-10-15)22-13-5-8-17(22)23/h2-4,6-7,9-12,18H,5,8,13H2,1H3,(H,21,24). The molecule has 1 heterocycles. The van der Waals surface area contributed by atoms with Crippen LogP contribution < -0.4 is 10.2 Å². The van der Waals surface area contributed by atoms with Crippen LogP contribution in [0.3, 0.4) is 0 Å². The van der Waals surface area contributed by atoms with Crippen molar-refractivity contribution in [2.24, 2.45) is 0 Å². The molecule has 0 saturated carbocycles. The number of nitrogens with zero attached hydrogens (tertiary/aromatic N) is 1. The molecule has 134 valence electrons. The predicted octanol–water partition coefficient (Wildman–Crippen LogP) is 2.46. The van der Waals surface area contributed by atoms with E-state index in [2.05, 4.69) is 5.32 Å². The van der Waals surface area contributed by atoms with E-state index in [1.807, 2.05) is 6.07 Å². The van der Waals surface area contributed by atoms with E-state index in [1.54, 1.807) is 53.4 Å². The summed E-state index contributed by atoms with van der Waals surface area (Å²) in [6.45, 7) is 0.697. The quantitative estimate of drug-likeness (QED) is 0.839. The van der Waals surface area contributed by atoms with Gasteiger partial charge in [-0.25, -0.2) is 4.79 Å². The lowest BCUT2D eigenvalue weighted by Crippen LogP contribution is -2.34. The van der Waals surface area contributed by atoms with Gasteiger partial charge in [-0.2, -0.15) is 0 Å². The van der Waals surface area contributed by atoms with Crippen LogP contribution in [0.4, 0.5) is 5.69 Å². The van der Waals surface area contributed by atoms with Crippen LogP contribution in [0.2, 0.25) is 0 Å². The van der Waals surface area contributed by atoms with Gasteiger partial charge in [0, 0.05) is 24.2 Å². The van der Waals surface area contributed by atoms with Crippen LogP contribution in [0, 0.1) is 0 Å². The molecule has 1 N–H and O–H groups in total. The van der Waals surface area contributed by atoms with Gasteiger partial charge >= 0.3 is 5.97 Å². The monoisotopic (exact) mass is 352 g/mol. The average Bonchev–Trinajstić information content (AvgIpc) is 3.12. The maximum atomic E-state index is 12.5. The van der Waals surface area contributed by atoms with Crippen LogP contribution in [0.25, 0.3) is 0 Å². The van der Waals surface area contributed by atoms with Crippen LogP contribution in [0.5, 0.6) is 0 Å². The molecular formula is C20H20N2O4. The largest absolute Gasteiger partial charge is 0.467 e. The van der Waals surface area contributed by atoms with Crippen molar-refractivity contribution in [2.45, 2.75) is 18.9 Å². The summed E-state index contributed by atoms with van der Waals surface area (Å²) in [6, 6.07) is 14.8. The Labute approximate surface area is 151 Å². The van der Waals surface area contributed by atoms with Gasteiger partial charge in [-0.15, -0.1) is 0 Å². The summed E-state index contributed by atoms with van der Waals surface area (Å²) in [6.07, 6.45) is 1.40. The third-order valence-corrected chi connectivity index (χ3v) is 4.36. The number of ether oxygens (including phenoxy) is 1. The molecule has 0 aliphatic carbocycles. The summed E-state index contributed by atoms with van der Waals surface area (Å²) in [5.41, 5.74) is 1.83. The van der Waals surface area contributed by atoms with Crippen molar-refractivity contribution in [1.29, 1.82) is 0 Å². The van der Waals surface area contributed by atoms with Gasteiger partial charge in [-0.05, 0) is 36.2 Å². The van der Waals surface area contributed by atoms with Crippen molar-refractivity contribution >= 4 is 23.5 Å². The van der Waals surface area contributed by atoms with Crippen molar-refractivity contribution < 1.29 is 19.1 Å². The molecule has 2 amide bonds. The molecule has 1 aliphatic rings. The topological polar surface area (TPSA) is 75.7 Å². The third kappa shape index (κ3) is 3.74. The van der Waals surface area contributed by atoms with E-state index in [4.69, 9.17) is 4.74 Å². The van der Waals surface area contributed by atoms with Crippen LogP contribution in [-0.2, 0) is 14.3 Å². The second-order valence-electron chi connectivity index (χ2n) is 6.04. The zero-order chi connectivity index (χ0) is 18.5. The number of carbonyl (C=O) groups excluding carboxylic acids is 3. The van der Waals surface area contributed by atoms with Crippen molar-refractivity contribution in [3.63, 3.8) is 0 Å². The smallest absolute Gasteiger partial charge is 0.333 e. The number of hydrogen-bond donors (Lipinski definition) is 1. The molecular weight excluding hydrogens is 332 g/mol. The van der Waals surface area contributed by atoms with Gasteiger partial charge in [0.2, 0.25) is 5.91 Å². The zero-order valence-electron chi connectivity index (χ0n) is 14.5. The van der Waals surface area contributed by atoms with E-state index in [-0.39, 0.29) is 11.8 Å². The first-order chi connectivity index (χ1) is 12.6. The molecule has 3 rings (SSSR count). The second-order valence-corrected chi connectivity index (χ2v) is 6.04. The Morgan fingerprint density at radius 2 is 1.77 bits per heavy atom. The fourth-order valence-electron chi connectivity index (χ4n) is 2.97. The second kappa shape index (κ2) is 7.82. The molecule has 2 aromatic rings. The molecule has 1 saturated heterocycles. The molecule has 6 nitrogen and oxygen atoms in total. The summed E-state index contributed by atoms with van der Waals surface area (Å²) < 4.78 is 4.80. The number of nitrogens with one attached hydrogen (secondary N) is 1. The molecule has 1 unspecified atom stereocenters. The number of anilines is 1. The number of hydrogen-bond acceptors (Lipinski definition) is 4. The average molecular weight is 352 g/mol. The first kappa shape index (κ1) is 17.7. The number of benzene rings is 2. The van der Waals surface area contributed by atoms with Gasteiger partial charge < -0.3 is 15.0 Å². The van der Waals surface area contributed by atoms with Gasteiger partial charge in [0.1, 0.15) is 0 Å². The lowest BCUT2D eigenvalue weighted by Gasteiger charge is -2.18. The highest BCUT2D eigenvalue weighted by atomic mass is 16.5. The Morgan fingerprint density at radius 3 is 2.35 bits per heavy atom. The number of amides is 2. The van der Waals surface area contributed by atoms with Crippen LogP contribution in [0.1, 0.15) is 34.8 Å². The van der Waals surface area contributed by atoms with Gasteiger partial charge in [0.15, 0.2) is 6.04 Å². The van der Waals surface area contributed by atoms with E-state index < -0.39 is 12.0 Å². The Bertz CT molecular complexity index is 802. The molecule has 2 aromatic carbocycles. The Hall–Kier alpha value is -3.15. The maximum Gasteiger partial charge on any atom is 0.333 e. The highest BCUT2D eigenvalue weighted by Crippen LogP contribution is 2.22. The van der Waals surface area contributed by atoms with Crippen molar-refractivity contribution in [3.05, 3.63) is 65.7 Å². The fraction of sp³-hybridized carbons (Fsp3) is 0.250. The van der Waals surface area contributed by atoms with Crippen molar-refractivity contribution in [1.82, 2.24) is 5.32 Å². The van der Waals surface area contributed by atoms with Crippen LogP contribution in [-0.4, -0.2) is 31.4 Å². The van der Waals surface area contributed by atoms with Gasteiger partial charge in [-0.1, -0.05) is 30.3 Å². The van der Waals surface area contributed by atoms with Crippen LogP contribution in [0.15, 0.2) is 54.6 Å². The third-order valence-electron chi connectivity index (χ3n) is 4.36. The van der Waals surface area contributed by atoms with Gasteiger partial charge in [0.25, 0.3) is 5.91 Å². The molecule has 0 spiro atoms. The van der Waals surface area contributed by atoms with E-state index >= 15 is 0 Å². The zero-order valence-corrected chi connectivity index (χ0v) is 14.5. The summed E-state index contributed by atoms with van der Waals surface area (Å²) >= 11 is 0. The highest BCUT2D eigenvalue weighted by Gasteiger charge is 2.25. The summed E-state index contributed by atoms with van der Waals surface area (Å²) in [5.74, 6) is -0.829. The van der Waals surface area contributed by atoms with Crippen molar-refractivity contribution in [3.8, 4) is 0 Å². The molecule has 26 heavy (non-hydrogen) atoms. The number of rotatable bonds is 5. The van der Waals surface area contributed by atoms with E-state index in [1.165, 1.54) is 7.11 Å². The van der Waals surface area contributed by atoms with Crippen LogP contribution >= 0.6 is 0 Å². The Kier molecular flexibility index (Phi) is 5.31. The SMILES string of the molecule is COC(=O)C(NC(=O)c1ccc(N2CCCC2=O)cc1)c1ccccc1. The minimum Gasteiger partial charge on any atom is -0.467 e. The van der Waals surface area contributed by atoms with Gasteiger partial charge in [0.05, 0.1) is 7.11 Å². The summed E-state index contributed by atoms with van der Waals surface area (Å²) in [5, 5.41) is 2.70.